The fourth-order valence-electron chi connectivity index (χ4n) is 3.17. The Balaban J connectivity index is 1.96. The van der Waals surface area contributed by atoms with Crippen LogP contribution in [0, 0.1) is 6.92 Å². The number of methoxy groups -OCH3 is 1. The van der Waals surface area contributed by atoms with Gasteiger partial charge in [-0.1, -0.05) is 12.1 Å². The standard InChI is InChI=1S/C21H24N2O6S/c1-4-29-21(26)16-13(2)17(20(25)23-9-11-28-12-10-23)30-19(16)22-18(24)14-7-5-6-8-15(14)27-3/h5-8H,4,9-12H2,1-3H3,(H,22,24). The van der Waals surface area contributed by atoms with Gasteiger partial charge in [-0.3, -0.25) is 9.59 Å². The highest BCUT2D eigenvalue weighted by molar-refractivity contribution is 7.18. The molecule has 0 unspecified atom stereocenters. The lowest BCUT2D eigenvalue weighted by Gasteiger charge is -2.26. The van der Waals surface area contributed by atoms with Crippen molar-refractivity contribution in [1.82, 2.24) is 4.90 Å². The minimum atomic E-state index is -0.581. The first-order valence-corrected chi connectivity index (χ1v) is 10.4. The van der Waals surface area contributed by atoms with Crippen LogP contribution in [0.2, 0.25) is 0 Å². The number of hydrogen-bond donors (Lipinski definition) is 1. The van der Waals surface area contributed by atoms with E-state index < -0.39 is 11.9 Å². The molecule has 30 heavy (non-hydrogen) atoms. The summed E-state index contributed by atoms with van der Waals surface area (Å²) in [5.74, 6) is -0.804. The quantitative estimate of drug-likeness (QED) is 0.706. The van der Waals surface area contributed by atoms with Crippen LogP contribution < -0.4 is 10.1 Å². The van der Waals surface area contributed by atoms with Crippen molar-refractivity contribution in [3.8, 4) is 5.75 Å². The summed E-state index contributed by atoms with van der Waals surface area (Å²) in [6.07, 6.45) is 0. The van der Waals surface area contributed by atoms with Gasteiger partial charge in [-0.25, -0.2) is 4.79 Å². The van der Waals surface area contributed by atoms with Crippen LogP contribution >= 0.6 is 11.3 Å². The fourth-order valence-corrected chi connectivity index (χ4v) is 4.33. The zero-order valence-electron chi connectivity index (χ0n) is 17.1. The van der Waals surface area contributed by atoms with E-state index in [9.17, 15) is 14.4 Å². The minimum absolute atomic E-state index is 0.181. The first kappa shape index (κ1) is 21.8. The van der Waals surface area contributed by atoms with Crippen molar-refractivity contribution in [3.05, 3.63) is 45.8 Å². The Bertz CT molecular complexity index is 949. The van der Waals surface area contributed by atoms with E-state index in [0.29, 0.717) is 48.1 Å². The van der Waals surface area contributed by atoms with E-state index in [1.165, 1.54) is 7.11 Å². The van der Waals surface area contributed by atoms with Gasteiger partial charge in [-0.2, -0.15) is 0 Å². The highest BCUT2D eigenvalue weighted by atomic mass is 32.1. The molecule has 1 aromatic heterocycles. The predicted octanol–water partition coefficient (Wildman–Crippen LogP) is 2.97. The number of ether oxygens (including phenoxy) is 3. The molecule has 0 atom stereocenters. The Labute approximate surface area is 178 Å². The Morgan fingerprint density at radius 1 is 1.20 bits per heavy atom. The number of amides is 2. The van der Waals surface area contributed by atoms with Crippen molar-refractivity contribution in [3.63, 3.8) is 0 Å². The molecule has 1 aromatic carbocycles. The van der Waals surface area contributed by atoms with Gasteiger partial charge in [0.25, 0.3) is 11.8 Å². The average molecular weight is 432 g/mol. The first-order valence-electron chi connectivity index (χ1n) is 9.59. The number of nitrogens with zero attached hydrogens (tertiary/aromatic N) is 1. The van der Waals surface area contributed by atoms with E-state index >= 15 is 0 Å². The second kappa shape index (κ2) is 9.73. The normalized spacial score (nSPS) is 13.6. The number of nitrogens with one attached hydrogen (secondary N) is 1. The Kier molecular flexibility index (Phi) is 7.07. The van der Waals surface area contributed by atoms with Crippen LogP contribution in [0.4, 0.5) is 5.00 Å². The molecular weight excluding hydrogens is 408 g/mol. The smallest absolute Gasteiger partial charge is 0.341 e. The SMILES string of the molecule is CCOC(=O)c1c(NC(=O)c2ccccc2OC)sc(C(=O)N2CCOCC2)c1C. The number of carbonyl (C=O) groups is 3. The molecule has 0 spiro atoms. The van der Waals surface area contributed by atoms with Crippen molar-refractivity contribution in [2.45, 2.75) is 13.8 Å². The number of thiophene rings is 1. The lowest BCUT2D eigenvalue weighted by molar-refractivity contribution is 0.0305. The third-order valence-electron chi connectivity index (χ3n) is 4.70. The number of benzene rings is 1. The summed E-state index contributed by atoms with van der Waals surface area (Å²) in [4.78, 5) is 40.6. The maximum Gasteiger partial charge on any atom is 0.341 e. The number of para-hydroxylation sites is 1. The summed E-state index contributed by atoms with van der Waals surface area (Å²) >= 11 is 1.07. The Morgan fingerprint density at radius 2 is 1.90 bits per heavy atom. The van der Waals surface area contributed by atoms with E-state index in [4.69, 9.17) is 14.2 Å². The van der Waals surface area contributed by atoms with Gasteiger partial charge in [0.2, 0.25) is 0 Å². The monoisotopic (exact) mass is 432 g/mol. The molecule has 1 N–H and O–H groups in total. The highest BCUT2D eigenvalue weighted by Gasteiger charge is 2.30. The van der Waals surface area contributed by atoms with Crippen molar-refractivity contribution in [2.24, 2.45) is 0 Å². The van der Waals surface area contributed by atoms with E-state index in [0.717, 1.165) is 11.3 Å². The van der Waals surface area contributed by atoms with Crippen molar-refractivity contribution in [2.75, 3.05) is 45.3 Å². The van der Waals surface area contributed by atoms with Crippen LogP contribution in [0.3, 0.4) is 0 Å². The van der Waals surface area contributed by atoms with E-state index in [1.54, 1.807) is 43.0 Å². The summed E-state index contributed by atoms with van der Waals surface area (Å²) in [5, 5.41) is 3.04. The number of carbonyl (C=O) groups excluding carboxylic acids is 3. The number of esters is 1. The molecule has 1 aliphatic heterocycles. The molecule has 9 heteroatoms. The maximum atomic E-state index is 13.0. The lowest BCUT2D eigenvalue weighted by atomic mass is 10.1. The van der Waals surface area contributed by atoms with Gasteiger partial charge in [0.1, 0.15) is 10.8 Å². The second-order valence-electron chi connectivity index (χ2n) is 6.54. The average Bonchev–Trinajstić information content (AvgIpc) is 3.09. The van der Waals surface area contributed by atoms with E-state index in [1.807, 2.05) is 0 Å². The van der Waals surface area contributed by atoms with Crippen LogP contribution in [0.15, 0.2) is 24.3 Å². The van der Waals surface area contributed by atoms with Crippen molar-refractivity contribution >= 4 is 34.1 Å². The first-order chi connectivity index (χ1) is 14.5. The summed E-state index contributed by atoms with van der Waals surface area (Å²) in [5.41, 5.74) is 1.01. The number of hydrogen-bond acceptors (Lipinski definition) is 7. The molecule has 0 bridgehead atoms. The van der Waals surface area contributed by atoms with Gasteiger partial charge >= 0.3 is 5.97 Å². The van der Waals surface area contributed by atoms with Crippen molar-refractivity contribution in [1.29, 1.82) is 0 Å². The van der Waals surface area contributed by atoms with Gasteiger partial charge in [0, 0.05) is 13.1 Å². The Morgan fingerprint density at radius 3 is 2.57 bits per heavy atom. The molecule has 0 aliphatic carbocycles. The summed E-state index contributed by atoms with van der Waals surface area (Å²) in [6.45, 7) is 5.47. The molecule has 1 fully saturated rings. The number of anilines is 1. The van der Waals surface area contributed by atoms with Gasteiger partial charge in [0.05, 0.1) is 42.9 Å². The molecule has 1 saturated heterocycles. The maximum absolute atomic E-state index is 13.0. The fraction of sp³-hybridized carbons (Fsp3) is 0.381. The lowest BCUT2D eigenvalue weighted by Crippen LogP contribution is -2.40. The molecular formula is C21H24N2O6S. The Hall–Kier alpha value is -2.91. The van der Waals surface area contributed by atoms with E-state index in [-0.39, 0.29) is 23.1 Å². The molecule has 3 rings (SSSR count). The summed E-state index contributed by atoms with van der Waals surface area (Å²) in [7, 11) is 1.48. The van der Waals surface area contributed by atoms with Gasteiger partial charge in [-0.15, -0.1) is 11.3 Å². The predicted molar refractivity (Wildman–Crippen MR) is 113 cm³/mol. The molecule has 2 heterocycles. The van der Waals surface area contributed by atoms with Crippen LogP contribution in [0.25, 0.3) is 0 Å². The molecule has 0 radical (unpaired) electrons. The number of rotatable bonds is 6. The largest absolute Gasteiger partial charge is 0.496 e. The third-order valence-corrected chi connectivity index (χ3v) is 5.89. The zero-order chi connectivity index (χ0) is 21.7. The topological polar surface area (TPSA) is 94.2 Å². The van der Waals surface area contributed by atoms with Crippen LogP contribution in [-0.4, -0.2) is 62.7 Å². The summed E-state index contributed by atoms with van der Waals surface area (Å²) in [6, 6.07) is 6.78. The second-order valence-corrected chi connectivity index (χ2v) is 7.56. The zero-order valence-corrected chi connectivity index (χ0v) is 18.0. The van der Waals surface area contributed by atoms with Crippen molar-refractivity contribution < 1.29 is 28.6 Å². The molecule has 8 nitrogen and oxygen atoms in total. The van der Waals surface area contributed by atoms with Gasteiger partial charge in [-0.05, 0) is 31.5 Å². The third kappa shape index (κ3) is 4.47. The summed E-state index contributed by atoms with van der Waals surface area (Å²) < 4.78 is 15.7. The molecule has 160 valence electrons. The van der Waals surface area contributed by atoms with Crippen LogP contribution in [0.1, 0.15) is 42.9 Å². The molecule has 2 aromatic rings. The van der Waals surface area contributed by atoms with Crippen LogP contribution in [-0.2, 0) is 9.47 Å². The number of morpholine rings is 1. The minimum Gasteiger partial charge on any atom is -0.496 e. The van der Waals surface area contributed by atoms with Crippen LogP contribution in [0.5, 0.6) is 5.75 Å². The van der Waals surface area contributed by atoms with E-state index in [2.05, 4.69) is 5.32 Å². The highest BCUT2D eigenvalue weighted by Crippen LogP contribution is 2.35. The van der Waals surface area contributed by atoms with Gasteiger partial charge in [0.15, 0.2) is 0 Å². The molecule has 1 aliphatic rings. The molecule has 2 amide bonds. The molecule has 0 saturated carbocycles. The van der Waals surface area contributed by atoms with Gasteiger partial charge < -0.3 is 24.4 Å².